The van der Waals surface area contributed by atoms with Crippen molar-refractivity contribution in [2.75, 3.05) is 0 Å². The standard InChI is InChI=1S/C11H20O/c1-3-5-11(12)9(2)8-10-6-4-7-10/h9-10H,3-8H2,1-2H3. The summed E-state index contributed by atoms with van der Waals surface area (Å²) in [6.45, 7) is 4.17. The van der Waals surface area contributed by atoms with E-state index in [1.165, 1.54) is 19.3 Å². The molecule has 1 unspecified atom stereocenters. The van der Waals surface area contributed by atoms with Gasteiger partial charge in [-0.25, -0.2) is 0 Å². The first-order chi connectivity index (χ1) is 5.74. The molecule has 1 atom stereocenters. The minimum absolute atomic E-state index is 0.329. The van der Waals surface area contributed by atoms with Crippen LogP contribution in [0.4, 0.5) is 0 Å². The molecular weight excluding hydrogens is 148 g/mol. The van der Waals surface area contributed by atoms with E-state index in [1.54, 1.807) is 0 Å². The molecular formula is C11H20O. The second kappa shape index (κ2) is 4.64. The highest BCUT2D eigenvalue weighted by Crippen LogP contribution is 2.32. The van der Waals surface area contributed by atoms with Crippen molar-refractivity contribution in [1.82, 2.24) is 0 Å². The van der Waals surface area contributed by atoms with Gasteiger partial charge < -0.3 is 0 Å². The third kappa shape index (κ3) is 2.62. The monoisotopic (exact) mass is 168 g/mol. The van der Waals surface area contributed by atoms with Crippen LogP contribution in [0, 0.1) is 11.8 Å². The Kier molecular flexibility index (Phi) is 3.77. The second-order valence-corrected chi connectivity index (χ2v) is 4.15. The molecule has 0 spiro atoms. The lowest BCUT2D eigenvalue weighted by Gasteiger charge is -2.27. The Bertz CT molecular complexity index is 147. The molecule has 1 aliphatic rings. The molecule has 0 aliphatic heterocycles. The molecule has 0 radical (unpaired) electrons. The molecule has 0 bridgehead atoms. The van der Waals surface area contributed by atoms with Crippen molar-refractivity contribution in [3.8, 4) is 0 Å². The molecule has 1 nitrogen and oxygen atoms in total. The van der Waals surface area contributed by atoms with Crippen LogP contribution >= 0.6 is 0 Å². The summed E-state index contributed by atoms with van der Waals surface area (Å²) >= 11 is 0. The summed E-state index contributed by atoms with van der Waals surface area (Å²) in [6, 6.07) is 0. The summed E-state index contributed by atoms with van der Waals surface area (Å²) in [6.07, 6.45) is 7.06. The van der Waals surface area contributed by atoms with Crippen LogP contribution in [0.3, 0.4) is 0 Å². The predicted octanol–water partition coefficient (Wildman–Crippen LogP) is 3.18. The molecule has 1 saturated carbocycles. The van der Waals surface area contributed by atoms with Gasteiger partial charge in [-0.3, -0.25) is 4.79 Å². The number of hydrogen-bond donors (Lipinski definition) is 0. The number of rotatable bonds is 5. The van der Waals surface area contributed by atoms with Crippen molar-refractivity contribution in [3.63, 3.8) is 0 Å². The van der Waals surface area contributed by atoms with Gasteiger partial charge in [-0.15, -0.1) is 0 Å². The fraction of sp³-hybridized carbons (Fsp3) is 0.909. The zero-order valence-corrected chi connectivity index (χ0v) is 8.31. The molecule has 0 aromatic heterocycles. The zero-order valence-electron chi connectivity index (χ0n) is 8.31. The first-order valence-corrected chi connectivity index (χ1v) is 5.26. The van der Waals surface area contributed by atoms with Gasteiger partial charge in [0.05, 0.1) is 0 Å². The van der Waals surface area contributed by atoms with Crippen LogP contribution in [0.2, 0.25) is 0 Å². The maximum Gasteiger partial charge on any atom is 0.135 e. The van der Waals surface area contributed by atoms with E-state index < -0.39 is 0 Å². The van der Waals surface area contributed by atoms with E-state index in [-0.39, 0.29) is 0 Å². The molecule has 0 aromatic carbocycles. The third-order valence-corrected chi connectivity index (χ3v) is 2.96. The molecule has 0 aromatic rings. The van der Waals surface area contributed by atoms with E-state index in [2.05, 4.69) is 13.8 Å². The average Bonchev–Trinajstić information content (AvgIpc) is 1.97. The highest BCUT2D eigenvalue weighted by Gasteiger charge is 2.22. The quantitative estimate of drug-likeness (QED) is 0.616. The van der Waals surface area contributed by atoms with Gasteiger partial charge in [-0.05, 0) is 18.8 Å². The van der Waals surface area contributed by atoms with Crippen molar-refractivity contribution >= 4 is 5.78 Å². The minimum atomic E-state index is 0.329. The molecule has 12 heavy (non-hydrogen) atoms. The van der Waals surface area contributed by atoms with Gasteiger partial charge in [0.1, 0.15) is 5.78 Å². The van der Waals surface area contributed by atoms with Gasteiger partial charge in [0.15, 0.2) is 0 Å². The predicted molar refractivity (Wildman–Crippen MR) is 51.0 cm³/mol. The van der Waals surface area contributed by atoms with E-state index in [1.807, 2.05) is 0 Å². The molecule has 0 amide bonds. The van der Waals surface area contributed by atoms with Crippen molar-refractivity contribution in [2.45, 2.75) is 52.4 Å². The highest BCUT2D eigenvalue weighted by molar-refractivity contribution is 5.80. The lowest BCUT2D eigenvalue weighted by Crippen LogP contribution is -2.19. The van der Waals surface area contributed by atoms with Crippen LogP contribution in [0.15, 0.2) is 0 Å². The van der Waals surface area contributed by atoms with Crippen LogP contribution in [-0.2, 0) is 4.79 Å². The van der Waals surface area contributed by atoms with Crippen LogP contribution in [0.1, 0.15) is 52.4 Å². The molecule has 1 heteroatoms. The lowest BCUT2D eigenvalue weighted by atomic mass is 9.78. The van der Waals surface area contributed by atoms with Crippen LogP contribution in [0.25, 0.3) is 0 Å². The summed E-state index contributed by atoms with van der Waals surface area (Å²) in [7, 11) is 0. The number of ketones is 1. The van der Waals surface area contributed by atoms with Gasteiger partial charge in [0.2, 0.25) is 0 Å². The van der Waals surface area contributed by atoms with E-state index in [9.17, 15) is 4.79 Å². The number of carbonyl (C=O) groups is 1. The summed E-state index contributed by atoms with van der Waals surface area (Å²) in [5.41, 5.74) is 0. The molecule has 1 fully saturated rings. The van der Waals surface area contributed by atoms with Gasteiger partial charge >= 0.3 is 0 Å². The maximum absolute atomic E-state index is 11.4. The molecule has 1 aliphatic carbocycles. The van der Waals surface area contributed by atoms with Crippen molar-refractivity contribution in [1.29, 1.82) is 0 Å². The van der Waals surface area contributed by atoms with Gasteiger partial charge in [-0.2, -0.15) is 0 Å². The van der Waals surface area contributed by atoms with Gasteiger partial charge in [-0.1, -0.05) is 33.1 Å². The average molecular weight is 168 g/mol. The normalized spacial score (nSPS) is 20.2. The molecule has 0 heterocycles. The molecule has 1 rings (SSSR count). The van der Waals surface area contributed by atoms with Crippen LogP contribution in [0.5, 0.6) is 0 Å². The van der Waals surface area contributed by atoms with Gasteiger partial charge in [0.25, 0.3) is 0 Å². The zero-order chi connectivity index (χ0) is 8.97. The molecule has 0 saturated heterocycles. The van der Waals surface area contributed by atoms with Crippen LogP contribution in [-0.4, -0.2) is 5.78 Å². The largest absolute Gasteiger partial charge is 0.299 e. The Balaban J connectivity index is 2.16. The number of carbonyl (C=O) groups excluding carboxylic acids is 1. The maximum atomic E-state index is 11.4. The van der Waals surface area contributed by atoms with Crippen molar-refractivity contribution in [2.24, 2.45) is 11.8 Å². The highest BCUT2D eigenvalue weighted by atomic mass is 16.1. The fourth-order valence-electron chi connectivity index (χ4n) is 1.85. The van der Waals surface area contributed by atoms with Gasteiger partial charge in [0, 0.05) is 12.3 Å². The Morgan fingerprint density at radius 1 is 1.50 bits per heavy atom. The second-order valence-electron chi connectivity index (χ2n) is 4.15. The Morgan fingerprint density at radius 3 is 2.58 bits per heavy atom. The Morgan fingerprint density at radius 2 is 2.17 bits per heavy atom. The minimum Gasteiger partial charge on any atom is -0.299 e. The number of Topliss-reactive ketones (excluding diaryl/α,β-unsaturated/α-hetero) is 1. The number of hydrogen-bond acceptors (Lipinski definition) is 1. The smallest absolute Gasteiger partial charge is 0.135 e. The summed E-state index contributed by atoms with van der Waals surface area (Å²) in [5, 5.41) is 0. The van der Waals surface area contributed by atoms with E-state index in [0.717, 1.165) is 25.2 Å². The first-order valence-electron chi connectivity index (χ1n) is 5.26. The summed E-state index contributed by atoms with van der Waals surface area (Å²) in [5.74, 6) is 1.68. The van der Waals surface area contributed by atoms with Crippen molar-refractivity contribution < 1.29 is 4.79 Å². The van der Waals surface area contributed by atoms with E-state index >= 15 is 0 Å². The van der Waals surface area contributed by atoms with Crippen molar-refractivity contribution in [3.05, 3.63) is 0 Å². The topological polar surface area (TPSA) is 17.1 Å². The van der Waals surface area contributed by atoms with E-state index in [4.69, 9.17) is 0 Å². The first kappa shape index (κ1) is 9.76. The summed E-state index contributed by atoms with van der Waals surface area (Å²) in [4.78, 5) is 11.4. The third-order valence-electron chi connectivity index (χ3n) is 2.96. The summed E-state index contributed by atoms with van der Waals surface area (Å²) < 4.78 is 0. The Hall–Kier alpha value is -0.330. The molecule has 0 N–H and O–H groups in total. The lowest BCUT2D eigenvalue weighted by molar-refractivity contribution is -0.123. The molecule has 70 valence electrons. The van der Waals surface area contributed by atoms with E-state index in [0.29, 0.717) is 11.7 Å². The SMILES string of the molecule is CCCC(=O)C(C)CC1CCC1. The van der Waals surface area contributed by atoms with Crippen LogP contribution < -0.4 is 0 Å². The fourth-order valence-corrected chi connectivity index (χ4v) is 1.85. The Labute approximate surface area is 75.5 Å².